The molecule has 0 aromatic heterocycles. The van der Waals surface area contributed by atoms with Crippen molar-refractivity contribution in [2.24, 2.45) is 0 Å². The molecule has 0 aliphatic rings. The average molecular weight is 303 g/mol. The van der Waals surface area contributed by atoms with Crippen molar-refractivity contribution in [3.63, 3.8) is 0 Å². The van der Waals surface area contributed by atoms with Gasteiger partial charge in [0.2, 0.25) is 6.41 Å². The third-order valence-corrected chi connectivity index (χ3v) is 2.92. The highest BCUT2D eigenvalue weighted by molar-refractivity contribution is 7.97. The fraction of sp³-hybridized carbons (Fsp3) is 0.667. The summed E-state index contributed by atoms with van der Waals surface area (Å²) in [5, 5.41) is 11.4. The van der Waals surface area contributed by atoms with E-state index in [1.54, 1.807) is 0 Å². The topological polar surface area (TPSA) is 94.3 Å². The molecule has 0 rings (SSSR count). The third-order valence-electron chi connectivity index (χ3n) is 2.18. The van der Waals surface area contributed by atoms with Crippen LogP contribution < -0.4 is 26.0 Å². The standard InChI is InChI=1S/C12H25N5O2S/c1-2-3-5-13-6-4-7-14-8-9-20-17-12(19)16-10-15-11-18/h3,11,13-14H,1-2,4-10H2,(H,15,18)(H2,16,17,19). The molecule has 3 amide bonds. The molecule has 0 fully saturated rings. The van der Waals surface area contributed by atoms with Crippen LogP contribution in [0.15, 0.2) is 0 Å². The molecule has 0 atom stereocenters. The zero-order valence-corrected chi connectivity index (χ0v) is 12.6. The monoisotopic (exact) mass is 303 g/mol. The minimum Gasteiger partial charge on any atom is -0.341 e. The minimum absolute atomic E-state index is 0.132. The second kappa shape index (κ2) is 16.1. The van der Waals surface area contributed by atoms with Crippen LogP contribution in [-0.4, -0.2) is 51.0 Å². The molecule has 0 heterocycles. The Morgan fingerprint density at radius 3 is 2.75 bits per heavy atom. The Morgan fingerprint density at radius 2 is 2.00 bits per heavy atom. The maximum absolute atomic E-state index is 11.1. The van der Waals surface area contributed by atoms with Crippen LogP contribution in [0.2, 0.25) is 0 Å². The summed E-state index contributed by atoms with van der Waals surface area (Å²) in [4.78, 5) is 21.1. The number of unbranched alkanes of at least 4 members (excludes halogenated alkanes) is 1. The number of hydrogen-bond acceptors (Lipinski definition) is 5. The Labute approximate surface area is 125 Å². The SMILES string of the molecule is [CH2]C[CH]CNCCCNCCSNC(=O)NCNC=O. The Morgan fingerprint density at radius 1 is 1.20 bits per heavy atom. The van der Waals surface area contributed by atoms with Crippen molar-refractivity contribution in [2.75, 3.05) is 38.6 Å². The molecule has 2 radical (unpaired) electrons. The number of amides is 3. The van der Waals surface area contributed by atoms with Crippen LogP contribution in [0.25, 0.3) is 0 Å². The highest BCUT2D eigenvalue weighted by Gasteiger charge is 1.97. The smallest absolute Gasteiger partial charge is 0.326 e. The van der Waals surface area contributed by atoms with Crippen LogP contribution >= 0.6 is 11.9 Å². The number of rotatable bonds is 14. The van der Waals surface area contributed by atoms with E-state index in [-0.39, 0.29) is 12.7 Å². The van der Waals surface area contributed by atoms with Crippen LogP contribution in [0.3, 0.4) is 0 Å². The predicted octanol–water partition coefficient (Wildman–Crippen LogP) is -0.365. The van der Waals surface area contributed by atoms with Gasteiger partial charge in [0.1, 0.15) is 0 Å². The van der Waals surface area contributed by atoms with E-state index in [0.29, 0.717) is 6.41 Å². The van der Waals surface area contributed by atoms with Crippen molar-refractivity contribution in [3.05, 3.63) is 13.3 Å². The van der Waals surface area contributed by atoms with Gasteiger partial charge in [-0.25, -0.2) is 4.79 Å². The second-order valence-corrected chi connectivity index (χ2v) is 4.74. The Bertz CT molecular complexity index is 244. The quantitative estimate of drug-likeness (QED) is 0.131. The van der Waals surface area contributed by atoms with Gasteiger partial charge < -0.3 is 21.3 Å². The number of carbonyl (C=O) groups excluding carboxylic acids is 2. The van der Waals surface area contributed by atoms with Gasteiger partial charge in [0.25, 0.3) is 0 Å². The first-order valence-electron chi connectivity index (χ1n) is 6.66. The summed E-state index contributed by atoms with van der Waals surface area (Å²) in [5.74, 6) is 0.789. The lowest BCUT2D eigenvalue weighted by Gasteiger charge is -2.07. The summed E-state index contributed by atoms with van der Waals surface area (Å²) < 4.78 is 2.62. The first kappa shape index (κ1) is 19.0. The van der Waals surface area contributed by atoms with Gasteiger partial charge in [-0.2, -0.15) is 0 Å². The highest BCUT2D eigenvalue weighted by Crippen LogP contribution is 1.90. The van der Waals surface area contributed by atoms with Gasteiger partial charge in [0.15, 0.2) is 0 Å². The Kier molecular flexibility index (Phi) is 15.3. The van der Waals surface area contributed by atoms with Crippen molar-refractivity contribution in [2.45, 2.75) is 12.8 Å². The van der Waals surface area contributed by atoms with Crippen LogP contribution in [0, 0.1) is 13.3 Å². The van der Waals surface area contributed by atoms with E-state index in [9.17, 15) is 9.59 Å². The average Bonchev–Trinajstić information content (AvgIpc) is 2.45. The molecule has 8 heteroatoms. The minimum atomic E-state index is -0.310. The van der Waals surface area contributed by atoms with E-state index in [4.69, 9.17) is 0 Å². The summed E-state index contributed by atoms with van der Waals surface area (Å²) in [6, 6.07) is -0.310. The molecule has 0 aromatic carbocycles. The summed E-state index contributed by atoms with van der Waals surface area (Å²) in [6.07, 6.45) is 4.56. The van der Waals surface area contributed by atoms with E-state index in [2.05, 4.69) is 39.3 Å². The van der Waals surface area contributed by atoms with Crippen molar-refractivity contribution in [1.82, 2.24) is 26.0 Å². The van der Waals surface area contributed by atoms with Gasteiger partial charge in [-0.05, 0) is 50.8 Å². The highest BCUT2D eigenvalue weighted by atomic mass is 32.2. The molecule has 0 aromatic rings. The van der Waals surface area contributed by atoms with Crippen molar-refractivity contribution >= 4 is 24.4 Å². The third kappa shape index (κ3) is 15.1. The summed E-state index contributed by atoms with van der Waals surface area (Å²) in [7, 11) is 0. The number of nitrogens with one attached hydrogen (secondary N) is 5. The lowest BCUT2D eigenvalue weighted by atomic mass is 10.3. The van der Waals surface area contributed by atoms with Gasteiger partial charge in [0, 0.05) is 12.3 Å². The van der Waals surface area contributed by atoms with Gasteiger partial charge >= 0.3 is 6.03 Å². The maximum atomic E-state index is 11.1. The van der Waals surface area contributed by atoms with E-state index >= 15 is 0 Å². The van der Waals surface area contributed by atoms with Crippen LogP contribution in [0.1, 0.15) is 12.8 Å². The van der Waals surface area contributed by atoms with Gasteiger partial charge in [0.05, 0.1) is 6.67 Å². The van der Waals surface area contributed by atoms with Gasteiger partial charge in [-0.1, -0.05) is 6.92 Å². The molecule has 0 unspecified atom stereocenters. The number of carbonyl (C=O) groups is 2. The van der Waals surface area contributed by atoms with Crippen LogP contribution in [0.5, 0.6) is 0 Å². The first-order chi connectivity index (χ1) is 9.81. The van der Waals surface area contributed by atoms with Crippen molar-refractivity contribution in [3.8, 4) is 0 Å². The summed E-state index contributed by atoms with van der Waals surface area (Å²) >= 11 is 1.33. The van der Waals surface area contributed by atoms with Gasteiger partial charge in [-0.3, -0.25) is 9.52 Å². The normalized spacial score (nSPS) is 10.1. The second-order valence-electron chi connectivity index (χ2n) is 3.84. The molecule has 0 saturated carbocycles. The zero-order valence-electron chi connectivity index (χ0n) is 11.7. The van der Waals surface area contributed by atoms with Crippen LogP contribution in [0.4, 0.5) is 4.79 Å². The molecule has 0 aliphatic carbocycles. The van der Waals surface area contributed by atoms with E-state index < -0.39 is 0 Å². The zero-order chi connectivity index (χ0) is 14.9. The molecular weight excluding hydrogens is 278 g/mol. The molecule has 0 aliphatic heterocycles. The number of urea groups is 1. The molecule has 20 heavy (non-hydrogen) atoms. The van der Waals surface area contributed by atoms with E-state index in [0.717, 1.165) is 44.8 Å². The molecule has 116 valence electrons. The summed E-state index contributed by atoms with van der Waals surface area (Å²) in [5.41, 5.74) is 0. The Balaban J connectivity index is 3.08. The van der Waals surface area contributed by atoms with Crippen LogP contribution in [-0.2, 0) is 4.79 Å². The molecule has 0 saturated heterocycles. The molecule has 0 bridgehead atoms. The Hall–Kier alpha value is -0.990. The summed E-state index contributed by atoms with van der Waals surface area (Å²) in [6.45, 7) is 7.55. The largest absolute Gasteiger partial charge is 0.341 e. The lowest BCUT2D eigenvalue weighted by molar-refractivity contribution is -0.109. The molecule has 5 N–H and O–H groups in total. The van der Waals surface area contributed by atoms with Crippen molar-refractivity contribution < 1.29 is 9.59 Å². The number of hydrogen-bond donors (Lipinski definition) is 5. The predicted molar refractivity (Wildman–Crippen MR) is 82.8 cm³/mol. The fourth-order valence-corrected chi connectivity index (χ4v) is 1.77. The fourth-order valence-electron chi connectivity index (χ4n) is 1.22. The van der Waals surface area contributed by atoms with Crippen molar-refractivity contribution in [1.29, 1.82) is 0 Å². The molecular formula is C12H25N5O2S. The van der Waals surface area contributed by atoms with E-state index in [1.165, 1.54) is 11.9 Å². The maximum Gasteiger partial charge on any atom is 0.326 e. The molecule has 0 spiro atoms. The first-order valence-corrected chi connectivity index (χ1v) is 7.64. The molecule has 7 nitrogen and oxygen atoms in total. The van der Waals surface area contributed by atoms with Gasteiger partial charge in [-0.15, -0.1) is 0 Å². The lowest BCUT2D eigenvalue weighted by Crippen LogP contribution is -2.38. The van der Waals surface area contributed by atoms with E-state index in [1.807, 2.05) is 0 Å².